The van der Waals surface area contributed by atoms with Gasteiger partial charge in [-0.15, -0.1) is 0 Å². The largest absolute Gasteiger partial charge is 0.436 e. The van der Waals surface area contributed by atoms with Gasteiger partial charge in [-0.25, -0.2) is 4.98 Å². The molecular weight excluding hydrogens is 262 g/mol. The molecule has 5 heteroatoms. The molecule has 0 saturated carbocycles. The van der Waals surface area contributed by atoms with Gasteiger partial charge in [-0.05, 0) is 12.1 Å². The third-order valence-electron chi connectivity index (χ3n) is 2.40. The lowest BCUT2D eigenvalue weighted by atomic mass is 10.3. The topological polar surface area (TPSA) is 47.0 Å². The van der Waals surface area contributed by atoms with Crippen molar-refractivity contribution in [1.82, 2.24) is 15.3 Å². The van der Waals surface area contributed by atoms with Gasteiger partial charge in [0.2, 0.25) is 5.88 Å². The summed E-state index contributed by atoms with van der Waals surface area (Å²) in [5, 5.41) is 3.83. The Bertz CT molecular complexity index is 546. The van der Waals surface area contributed by atoms with Gasteiger partial charge in [-0.2, -0.15) is 0 Å². The number of para-hydroxylation sites is 1. The van der Waals surface area contributed by atoms with Gasteiger partial charge in [0, 0.05) is 18.8 Å². The fraction of sp³-hybridized carbons (Fsp3) is 0.286. The van der Waals surface area contributed by atoms with Gasteiger partial charge < -0.3 is 10.1 Å². The molecule has 1 aromatic carbocycles. The van der Waals surface area contributed by atoms with Crippen molar-refractivity contribution in [1.29, 1.82) is 0 Å². The average molecular weight is 278 g/mol. The molecule has 0 saturated heterocycles. The van der Waals surface area contributed by atoms with E-state index in [2.05, 4.69) is 29.1 Å². The van der Waals surface area contributed by atoms with Crippen LogP contribution >= 0.6 is 11.6 Å². The van der Waals surface area contributed by atoms with Gasteiger partial charge in [0.25, 0.3) is 0 Å². The number of ether oxygens (including phenoxy) is 1. The minimum Gasteiger partial charge on any atom is -0.436 e. The van der Waals surface area contributed by atoms with E-state index in [1.54, 1.807) is 24.5 Å². The summed E-state index contributed by atoms with van der Waals surface area (Å²) in [6.45, 7) is 4.82. The Balaban J connectivity index is 2.09. The molecule has 0 aliphatic rings. The highest BCUT2D eigenvalue weighted by molar-refractivity contribution is 6.32. The maximum atomic E-state index is 6.03. The van der Waals surface area contributed by atoms with Crippen LogP contribution in [0.15, 0.2) is 36.7 Å². The van der Waals surface area contributed by atoms with E-state index < -0.39 is 0 Å². The van der Waals surface area contributed by atoms with Crippen LogP contribution in [-0.2, 0) is 6.54 Å². The monoisotopic (exact) mass is 277 g/mol. The van der Waals surface area contributed by atoms with E-state index in [4.69, 9.17) is 16.3 Å². The van der Waals surface area contributed by atoms with E-state index in [0.717, 1.165) is 5.69 Å². The Morgan fingerprint density at radius 3 is 2.79 bits per heavy atom. The third-order valence-corrected chi connectivity index (χ3v) is 2.72. The lowest BCUT2D eigenvalue weighted by molar-refractivity contribution is 0.455. The molecule has 4 nitrogen and oxygen atoms in total. The second-order valence-corrected chi connectivity index (χ2v) is 4.82. The van der Waals surface area contributed by atoms with Crippen molar-refractivity contribution < 1.29 is 4.74 Å². The molecule has 100 valence electrons. The SMILES string of the molecule is CC(C)NCc1cncc(Oc2ccccc2Cl)n1. The number of hydrogen-bond acceptors (Lipinski definition) is 4. The van der Waals surface area contributed by atoms with E-state index in [9.17, 15) is 0 Å². The Labute approximate surface area is 117 Å². The Morgan fingerprint density at radius 2 is 2.05 bits per heavy atom. The van der Waals surface area contributed by atoms with E-state index in [0.29, 0.717) is 29.2 Å². The number of halogens is 1. The predicted molar refractivity (Wildman–Crippen MR) is 75.5 cm³/mol. The van der Waals surface area contributed by atoms with Gasteiger partial charge in [-0.3, -0.25) is 4.98 Å². The molecule has 0 aliphatic heterocycles. The first-order valence-corrected chi connectivity index (χ1v) is 6.49. The van der Waals surface area contributed by atoms with Crippen LogP contribution in [0.25, 0.3) is 0 Å². The summed E-state index contributed by atoms with van der Waals surface area (Å²) >= 11 is 6.03. The number of nitrogens with one attached hydrogen (secondary N) is 1. The molecule has 1 N–H and O–H groups in total. The molecule has 2 rings (SSSR count). The summed E-state index contributed by atoms with van der Waals surface area (Å²) in [7, 11) is 0. The molecule has 0 bridgehead atoms. The molecule has 0 fully saturated rings. The van der Waals surface area contributed by atoms with E-state index in [1.807, 2.05) is 12.1 Å². The second kappa shape index (κ2) is 6.50. The first-order chi connectivity index (χ1) is 9.15. The van der Waals surface area contributed by atoms with Crippen LogP contribution in [0.3, 0.4) is 0 Å². The normalized spacial score (nSPS) is 10.7. The Hall–Kier alpha value is -1.65. The first-order valence-electron chi connectivity index (χ1n) is 6.12. The standard InChI is InChI=1S/C14H16ClN3O/c1-10(2)17-8-11-7-16-9-14(18-11)19-13-6-4-3-5-12(13)15/h3-7,9-10,17H,8H2,1-2H3. The first kappa shape index (κ1) is 13.8. The van der Waals surface area contributed by atoms with Crippen LogP contribution in [-0.4, -0.2) is 16.0 Å². The molecule has 0 spiro atoms. The number of nitrogens with zero attached hydrogens (tertiary/aromatic N) is 2. The molecule has 0 unspecified atom stereocenters. The zero-order valence-electron chi connectivity index (χ0n) is 10.9. The fourth-order valence-electron chi connectivity index (χ4n) is 1.47. The van der Waals surface area contributed by atoms with Crippen molar-refractivity contribution in [3.8, 4) is 11.6 Å². The van der Waals surface area contributed by atoms with Crippen molar-refractivity contribution >= 4 is 11.6 Å². The number of hydrogen-bond donors (Lipinski definition) is 1. The summed E-state index contributed by atoms with van der Waals surface area (Å²) < 4.78 is 5.62. The predicted octanol–water partition coefficient (Wildman–Crippen LogP) is 3.42. The van der Waals surface area contributed by atoms with Crippen LogP contribution in [0.1, 0.15) is 19.5 Å². The highest BCUT2D eigenvalue weighted by Gasteiger charge is 2.05. The molecule has 0 amide bonds. The second-order valence-electron chi connectivity index (χ2n) is 4.42. The molecule has 19 heavy (non-hydrogen) atoms. The average Bonchev–Trinajstić information content (AvgIpc) is 2.40. The molecule has 1 aromatic heterocycles. The smallest absolute Gasteiger partial charge is 0.238 e. The molecule has 0 radical (unpaired) electrons. The fourth-order valence-corrected chi connectivity index (χ4v) is 1.64. The summed E-state index contributed by atoms with van der Waals surface area (Å²) in [6.07, 6.45) is 3.29. The van der Waals surface area contributed by atoms with Crippen LogP contribution in [0.5, 0.6) is 11.6 Å². The van der Waals surface area contributed by atoms with Crippen molar-refractivity contribution in [2.75, 3.05) is 0 Å². The van der Waals surface area contributed by atoms with Gasteiger partial charge in [0.05, 0.1) is 16.9 Å². The molecular formula is C14H16ClN3O. The van der Waals surface area contributed by atoms with Crippen molar-refractivity contribution in [3.63, 3.8) is 0 Å². The summed E-state index contributed by atoms with van der Waals surface area (Å²) in [6, 6.07) is 7.68. The maximum absolute atomic E-state index is 6.03. The Morgan fingerprint density at radius 1 is 1.26 bits per heavy atom. The minimum absolute atomic E-state index is 0.398. The van der Waals surface area contributed by atoms with Crippen LogP contribution in [0.4, 0.5) is 0 Å². The molecule has 1 heterocycles. The molecule has 0 aliphatic carbocycles. The molecule has 0 atom stereocenters. The molecule has 2 aromatic rings. The number of rotatable bonds is 5. The summed E-state index contributed by atoms with van der Waals surface area (Å²) in [5.74, 6) is 1.02. The van der Waals surface area contributed by atoms with Gasteiger partial charge >= 0.3 is 0 Å². The number of aromatic nitrogens is 2. The third kappa shape index (κ3) is 4.19. The van der Waals surface area contributed by atoms with Crippen molar-refractivity contribution in [2.45, 2.75) is 26.4 Å². The van der Waals surface area contributed by atoms with Crippen molar-refractivity contribution in [2.24, 2.45) is 0 Å². The maximum Gasteiger partial charge on any atom is 0.238 e. The lowest BCUT2D eigenvalue weighted by Gasteiger charge is -2.09. The zero-order valence-corrected chi connectivity index (χ0v) is 11.7. The van der Waals surface area contributed by atoms with E-state index in [1.165, 1.54) is 0 Å². The van der Waals surface area contributed by atoms with E-state index in [-0.39, 0.29) is 0 Å². The number of benzene rings is 1. The van der Waals surface area contributed by atoms with Gasteiger partial charge in [-0.1, -0.05) is 37.6 Å². The van der Waals surface area contributed by atoms with Crippen LogP contribution in [0, 0.1) is 0 Å². The quantitative estimate of drug-likeness (QED) is 0.910. The Kier molecular flexibility index (Phi) is 4.71. The van der Waals surface area contributed by atoms with Gasteiger partial charge in [0.15, 0.2) is 0 Å². The van der Waals surface area contributed by atoms with Gasteiger partial charge in [0.1, 0.15) is 5.75 Å². The summed E-state index contributed by atoms with van der Waals surface area (Å²) in [5.41, 5.74) is 0.832. The van der Waals surface area contributed by atoms with Crippen LogP contribution in [0.2, 0.25) is 5.02 Å². The highest BCUT2D eigenvalue weighted by Crippen LogP contribution is 2.27. The summed E-state index contributed by atoms with van der Waals surface area (Å²) in [4.78, 5) is 8.49. The minimum atomic E-state index is 0.398. The van der Waals surface area contributed by atoms with Crippen molar-refractivity contribution in [3.05, 3.63) is 47.4 Å². The van der Waals surface area contributed by atoms with Crippen LogP contribution < -0.4 is 10.1 Å². The lowest BCUT2D eigenvalue weighted by Crippen LogP contribution is -2.22. The highest BCUT2D eigenvalue weighted by atomic mass is 35.5. The van der Waals surface area contributed by atoms with E-state index >= 15 is 0 Å². The zero-order chi connectivity index (χ0) is 13.7.